The Morgan fingerprint density at radius 2 is 1.95 bits per heavy atom. The van der Waals surface area contributed by atoms with Crippen LogP contribution >= 0.6 is 12.6 Å². The van der Waals surface area contributed by atoms with Crippen molar-refractivity contribution >= 4 is 24.5 Å². The predicted octanol–water partition coefficient (Wildman–Crippen LogP) is -0.410. The number of carboxylic acid groups (broad SMARTS) is 1. The van der Waals surface area contributed by atoms with E-state index in [1.165, 1.54) is 0 Å². The van der Waals surface area contributed by atoms with Gasteiger partial charge >= 0.3 is 5.97 Å². The standard InChI is InChI=1S/C14H29N3O4S/c1-9(6-10(2)16-7-11(15)8-22)13(19)17-12(14(20)21)4-3-5-18/h9-12,16,18,22H,3-8,15H2,1-2H3,(H,17,19)(H,20,21)/t9-,10+,11-,12+/m1/s1. The number of hydrogen-bond acceptors (Lipinski definition) is 6. The maximum atomic E-state index is 12.0. The first kappa shape index (κ1) is 21.2. The van der Waals surface area contributed by atoms with Gasteiger partial charge in [-0.1, -0.05) is 6.92 Å². The van der Waals surface area contributed by atoms with Crippen LogP contribution in [0.4, 0.5) is 0 Å². The molecule has 0 saturated carbocycles. The van der Waals surface area contributed by atoms with E-state index < -0.39 is 12.0 Å². The van der Waals surface area contributed by atoms with E-state index >= 15 is 0 Å². The quantitative estimate of drug-likeness (QED) is 0.269. The van der Waals surface area contributed by atoms with Crippen LogP contribution in [0.1, 0.15) is 33.1 Å². The Balaban J connectivity index is 4.25. The molecule has 6 N–H and O–H groups in total. The Kier molecular flexibility index (Phi) is 11.3. The average Bonchev–Trinajstić information content (AvgIpc) is 2.48. The summed E-state index contributed by atoms with van der Waals surface area (Å²) in [7, 11) is 0. The topological polar surface area (TPSA) is 125 Å². The molecule has 0 spiro atoms. The number of aliphatic hydroxyl groups is 1. The second-order valence-corrected chi connectivity index (χ2v) is 6.02. The first-order valence-electron chi connectivity index (χ1n) is 7.55. The molecule has 130 valence electrons. The highest BCUT2D eigenvalue weighted by atomic mass is 32.1. The highest BCUT2D eigenvalue weighted by Gasteiger charge is 2.23. The minimum Gasteiger partial charge on any atom is -0.480 e. The van der Waals surface area contributed by atoms with Gasteiger partial charge < -0.3 is 26.6 Å². The average molecular weight is 335 g/mol. The summed E-state index contributed by atoms with van der Waals surface area (Å²) in [6, 6.07) is -0.903. The van der Waals surface area contributed by atoms with Gasteiger partial charge in [-0.15, -0.1) is 0 Å². The van der Waals surface area contributed by atoms with E-state index in [1.807, 2.05) is 6.92 Å². The molecular formula is C14H29N3O4S. The zero-order chi connectivity index (χ0) is 17.1. The van der Waals surface area contributed by atoms with Crippen molar-refractivity contribution in [1.29, 1.82) is 0 Å². The summed E-state index contributed by atoms with van der Waals surface area (Å²) in [5, 5.41) is 23.6. The summed E-state index contributed by atoms with van der Waals surface area (Å²) in [5.74, 6) is -1.11. The van der Waals surface area contributed by atoms with Crippen LogP contribution in [0.2, 0.25) is 0 Å². The lowest BCUT2D eigenvalue weighted by molar-refractivity contribution is -0.142. The highest BCUT2D eigenvalue weighted by molar-refractivity contribution is 7.80. The van der Waals surface area contributed by atoms with Gasteiger partial charge in [0.25, 0.3) is 0 Å². The molecular weight excluding hydrogens is 306 g/mol. The van der Waals surface area contributed by atoms with Crippen LogP contribution in [0.5, 0.6) is 0 Å². The van der Waals surface area contributed by atoms with Crippen molar-refractivity contribution in [3.63, 3.8) is 0 Å². The van der Waals surface area contributed by atoms with Gasteiger partial charge in [-0.3, -0.25) is 4.79 Å². The van der Waals surface area contributed by atoms with Gasteiger partial charge in [0.2, 0.25) is 5.91 Å². The number of thiol groups is 1. The third kappa shape index (κ3) is 9.24. The van der Waals surface area contributed by atoms with E-state index in [0.717, 1.165) is 0 Å². The molecule has 0 rings (SSSR count). The lowest BCUT2D eigenvalue weighted by Gasteiger charge is -2.21. The number of carbonyl (C=O) groups is 2. The number of nitrogens with one attached hydrogen (secondary N) is 2. The lowest BCUT2D eigenvalue weighted by Crippen LogP contribution is -2.45. The Bertz CT molecular complexity index is 344. The highest BCUT2D eigenvalue weighted by Crippen LogP contribution is 2.08. The minimum atomic E-state index is -1.08. The molecule has 0 aromatic rings. The number of amides is 1. The Hall–Kier alpha value is -0.830. The van der Waals surface area contributed by atoms with Crippen LogP contribution in [-0.4, -0.2) is 59.1 Å². The predicted molar refractivity (Wildman–Crippen MR) is 89.0 cm³/mol. The maximum Gasteiger partial charge on any atom is 0.326 e. The maximum absolute atomic E-state index is 12.0. The first-order valence-corrected chi connectivity index (χ1v) is 8.18. The molecule has 0 heterocycles. The number of aliphatic hydroxyl groups excluding tert-OH is 1. The summed E-state index contributed by atoms with van der Waals surface area (Å²) >= 11 is 4.10. The fourth-order valence-corrected chi connectivity index (χ4v) is 2.13. The van der Waals surface area contributed by atoms with E-state index in [1.54, 1.807) is 6.92 Å². The van der Waals surface area contributed by atoms with Gasteiger partial charge in [-0.05, 0) is 26.2 Å². The number of carbonyl (C=O) groups excluding carboxylic acids is 1. The molecule has 22 heavy (non-hydrogen) atoms. The monoisotopic (exact) mass is 335 g/mol. The van der Waals surface area contributed by atoms with Crippen LogP contribution < -0.4 is 16.4 Å². The van der Waals surface area contributed by atoms with Crippen LogP contribution in [0.3, 0.4) is 0 Å². The van der Waals surface area contributed by atoms with Crippen LogP contribution in [-0.2, 0) is 9.59 Å². The van der Waals surface area contributed by atoms with E-state index in [4.69, 9.17) is 15.9 Å². The molecule has 0 aliphatic rings. The Labute approximate surface area is 137 Å². The molecule has 0 aromatic heterocycles. The molecule has 0 bridgehead atoms. The van der Waals surface area contributed by atoms with Gasteiger partial charge in [0.15, 0.2) is 0 Å². The largest absolute Gasteiger partial charge is 0.480 e. The van der Waals surface area contributed by atoms with Gasteiger partial charge in [0.1, 0.15) is 6.04 Å². The molecule has 0 unspecified atom stereocenters. The van der Waals surface area contributed by atoms with Gasteiger partial charge in [-0.25, -0.2) is 4.79 Å². The fraction of sp³-hybridized carbons (Fsp3) is 0.857. The van der Waals surface area contributed by atoms with Gasteiger partial charge in [0.05, 0.1) is 0 Å². The third-order valence-electron chi connectivity index (χ3n) is 3.38. The smallest absolute Gasteiger partial charge is 0.326 e. The molecule has 0 radical (unpaired) electrons. The molecule has 0 aromatic carbocycles. The summed E-state index contributed by atoms with van der Waals surface area (Å²) in [6.45, 7) is 4.24. The fourth-order valence-electron chi connectivity index (χ4n) is 2.00. The summed E-state index contributed by atoms with van der Waals surface area (Å²) in [5.41, 5.74) is 5.75. The van der Waals surface area contributed by atoms with Crippen molar-refractivity contribution in [3.8, 4) is 0 Å². The molecule has 0 aliphatic heterocycles. The van der Waals surface area contributed by atoms with Crippen molar-refractivity contribution in [1.82, 2.24) is 10.6 Å². The van der Waals surface area contributed by atoms with E-state index in [-0.39, 0.29) is 36.9 Å². The number of hydrogen-bond donors (Lipinski definition) is 6. The van der Waals surface area contributed by atoms with Crippen LogP contribution in [0.25, 0.3) is 0 Å². The van der Waals surface area contributed by atoms with E-state index in [0.29, 0.717) is 25.1 Å². The first-order chi connectivity index (χ1) is 10.3. The molecule has 8 heteroatoms. The van der Waals surface area contributed by atoms with Crippen LogP contribution in [0.15, 0.2) is 0 Å². The molecule has 0 aliphatic carbocycles. The summed E-state index contributed by atoms with van der Waals surface area (Å²) in [6.07, 6.45) is 1.14. The number of aliphatic carboxylic acids is 1. The van der Waals surface area contributed by atoms with Crippen molar-refractivity contribution in [2.45, 2.75) is 51.2 Å². The van der Waals surface area contributed by atoms with E-state index in [2.05, 4.69) is 23.3 Å². The van der Waals surface area contributed by atoms with Crippen LogP contribution in [0, 0.1) is 5.92 Å². The second-order valence-electron chi connectivity index (χ2n) is 5.65. The molecule has 4 atom stereocenters. The van der Waals surface area contributed by atoms with Gasteiger partial charge in [-0.2, -0.15) is 12.6 Å². The molecule has 0 saturated heterocycles. The van der Waals surface area contributed by atoms with Gasteiger partial charge in [0, 0.05) is 36.9 Å². The number of nitrogens with two attached hydrogens (primary N) is 1. The zero-order valence-electron chi connectivity index (χ0n) is 13.3. The Morgan fingerprint density at radius 1 is 1.32 bits per heavy atom. The summed E-state index contributed by atoms with van der Waals surface area (Å²) in [4.78, 5) is 23.1. The van der Waals surface area contributed by atoms with Crippen molar-refractivity contribution in [2.24, 2.45) is 11.7 Å². The third-order valence-corrected chi connectivity index (χ3v) is 3.85. The van der Waals surface area contributed by atoms with Crippen molar-refractivity contribution in [2.75, 3.05) is 18.9 Å². The molecule has 0 fully saturated rings. The number of rotatable bonds is 12. The number of carboxylic acids is 1. The van der Waals surface area contributed by atoms with Crippen molar-refractivity contribution < 1.29 is 19.8 Å². The SMILES string of the molecule is C[C@H](C[C@H](C)NC[C@@H](N)CS)C(=O)N[C@@H](CCCO)C(=O)O. The van der Waals surface area contributed by atoms with E-state index in [9.17, 15) is 9.59 Å². The molecule has 1 amide bonds. The molecule has 7 nitrogen and oxygen atoms in total. The second kappa shape index (κ2) is 11.7. The lowest BCUT2D eigenvalue weighted by atomic mass is 10.0. The Morgan fingerprint density at radius 3 is 2.45 bits per heavy atom. The summed E-state index contributed by atoms with van der Waals surface area (Å²) < 4.78 is 0. The normalized spacial score (nSPS) is 16.6. The zero-order valence-corrected chi connectivity index (χ0v) is 14.2. The van der Waals surface area contributed by atoms with Crippen molar-refractivity contribution in [3.05, 3.63) is 0 Å². The minimum absolute atomic E-state index is 0.0372.